The highest BCUT2D eigenvalue weighted by atomic mass is 35.5. The Hall–Kier alpha value is -3.55. The van der Waals surface area contributed by atoms with E-state index in [4.69, 9.17) is 26.4 Å². The van der Waals surface area contributed by atoms with E-state index >= 15 is 0 Å². The fourth-order valence-electron chi connectivity index (χ4n) is 4.46. The summed E-state index contributed by atoms with van der Waals surface area (Å²) in [6.45, 7) is 5.98. The number of nitrogens with zero attached hydrogens (tertiary/aromatic N) is 3. The summed E-state index contributed by atoms with van der Waals surface area (Å²) in [4.78, 5) is 17.6. The second kappa shape index (κ2) is 10.8. The van der Waals surface area contributed by atoms with Gasteiger partial charge in [-0.3, -0.25) is 4.79 Å². The van der Waals surface area contributed by atoms with Crippen molar-refractivity contribution >= 4 is 35.1 Å². The first-order valence-electron chi connectivity index (χ1n) is 12.0. The first kappa shape index (κ1) is 25.1. The van der Waals surface area contributed by atoms with Gasteiger partial charge in [0.1, 0.15) is 18.4 Å². The van der Waals surface area contributed by atoms with E-state index in [0.717, 1.165) is 22.4 Å². The van der Waals surface area contributed by atoms with Gasteiger partial charge in [-0.05, 0) is 49.6 Å². The number of anilines is 1. The number of hydrogen-bond donors (Lipinski definition) is 1. The number of halogens is 1. The lowest BCUT2D eigenvalue weighted by Crippen LogP contribution is -2.28. The molecule has 6 nitrogen and oxygen atoms in total. The van der Waals surface area contributed by atoms with Crippen molar-refractivity contribution in [2.45, 2.75) is 44.3 Å². The Morgan fingerprint density at radius 1 is 1.03 bits per heavy atom. The number of ether oxygens (including phenoxy) is 1. The third-order valence-electron chi connectivity index (χ3n) is 6.39. The van der Waals surface area contributed by atoms with E-state index in [2.05, 4.69) is 24.4 Å². The number of carbonyl (C=O) groups is 1. The van der Waals surface area contributed by atoms with Gasteiger partial charge in [-0.15, -0.1) is 5.10 Å². The maximum Gasteiger partial charge on any atom is 0.227 e. The Bertz CT molecular complexity index is 1500. The van der Waals surface area contributed by atoms with Gasteiger partial charge >= 0.3 is 0 Å². The van der Waals surface area contributed by atoms with Crippen LogP contribution in [-0.2, 0) is 17.2 Å². The largest absolute Gasteiger partial charge is 0.489 e. The molecule has 2 heterocycles. The Labute approximate surface area is 225 Å². The van der Waals surface area contributed by atoms with Crippen LogP contribution in [0.15, 0.2) is 89.2 Å². The van der Waals surface area contributed by atoms with Crippen LogP contribution in [0, 0.1) is 6.92 Å². The molecule has 1 aromatic heterocycles. The summed E-state index contributed by atoms with van der Waals surface area (Å²) in [5, 5.41) is 9.40. The molecule has 1 unspecified atom stereocenters. The molecule has 1 atom stereocenters. The maximum absolute atomic E-state index is 12.9. The highest BCUT2D eigenvalue weighted by Gasteiger charge is 2.34. The van der Waals surface area contributed by atoms with Crippen molar-refractivity contribution in [1.82, 2.24) is 14.8 Å². The van der Waals surface area contributed by atoms with E-state index in [1.54, 1.807) is 11.6 Å². The monoisotopic (exact) mass is 530 g/mol. The average Bonchev–Trinajstić information content (AvgIpc) is 3.29. The topological polar surface area (TPSA) is 69.0 Å². The molecule has 0 amide bonds. The second-order valence-corrected chi connectivity index (χ2v) is 10.3. The molecule has 3 aromatic carbocycles. The van der Waals surface area contributed by atoms with Crippen molar-refractivity contribution in [1.29, 1.82) is 0 Å². The SMILES string of the molecule is CC(=O)C1=C(C)Nc2nc(SCc3ccccc3Cl)nn2C1c1ccccc1OCc1ccccc1C. The molecule has 37 heavy (non-hydrogen) atoms. The van der Waals surface area contributed by atoms with Gasteiger partial charge in [0, 0.05) is 27.6 Å². The van der Waals surface area contributed by atoms with Gasteiger partial charge in [0.05, 0.1) is 0 Å². The lowest BCUT2D eigenvalue weighted by molar-refractivity contribution is -0.114. The molecule has 8 heteroatoms. The zero-order valence-corrected chi connectivity index (χ0v) is 22.4. The van der Waals surface area contributed by atoms with Crippen LogP contribution in [-0.4, -0.2) is 20.5 Å². The van der Waals surface area contributed by atoms with Gasteiger partial charge in [0.15, 0.2) is 5.78 Å². The van der Waals surface area contributed by atoms with Crippen LogP contribution in [0.4, 0.5) is 5.95 Å². The fourth-order valence-corrected chi connectivity index (χ4v) is 5.57. The molecule has 1 aliphatic rings. The second-order valence-electron chi connectivity index (χ2n) is 8.92. The molecule has 0 aliphatic carbocycles. The number of carbonyl (C=O) groups excluding carboxylic acids is 1. The number of aromatic nitrogens is 3. The fraction of sp³-hybridized carbons (Fsp3) is 0.207. The third-order valence-corrected chi connectivity index (χ3v) is 7.64. The number of aryl methyl sites for hydroxylation is 1. The molecular formula is C29H27ClN4O2S. The van der Waals surface area contributed by atoms with E-state index in [1.807, 2.05) is 67.6 Å². The number of para-hydroxylation sites is 1. The zero-order chi connectivity index (χ0) is 25.9. The van der Waals surface area contributed by atoms with Gasteiger partial charge in [-0.25, -0.2) is 4.68 Å². The summed E-state index contributed by atoms with van der Waals surface area (Å²) in [5.41, 5.74) is 5.54. The maximum atomic E-state index is 12.9. The third kappa shape index (κ3) is 5.29. The van der Waals surface area contributed by atoms with Crippen molar-refractivity contribution in [2.75, 3.05) is 5.32 Å². The van der Waals surface area contributed by atoms with Crippen molar-refractivity contribution < 1.29 is 9.53 Å². The van der Waals surface area contributed by atoms with Gasteiger partial charge in [0.25, 0.3) is 0 Å². The number of allylic oxidation sites excluding steroid dienone is 2. The lowest BCUT2D eigenvalue weighted by atomic mass is 9.92. The number of nitrogens with one attached hydrogen (secondary N) is 1. The number of rotatable bonds is 8. The number of hydrogen-bond acceptors (Lipinski definition) is 6. The summed E-state index contributed by atoms with van der Waals surface area (Å²) in [6, 6.07) is 23.2. The molecule has 188 valence electrons. The van der Waals surface area contributed by atoms with E-state index in [9.17, 15) is 4.79 Å². The van der Waals surface area contributed by atoms with E-state index in [-0.39, 0.29) is 5.78 Å². The first-order valence-corrected chi connectivity index (χ1v) is 13.4. The molecule has 0 saturated carbocycles. The molecule has 0 spiro atoms. The predicted molar refractivity (Wildman–Crippen MR) is 148 cm³/mol. The van der Waals surface area contributed by atoms with E-state index in [0.29, 0.717) is 39.8 Å². The summed E-state index contributed by atoms with van der Waals surface area (Å²) in [6.07, 6.45) is 0. The molecular weight excluding hydrogens is 504 g/mol. The normalized spacial score (nSPS) is 14.8. The van der Waals surface area contributed by atoms with Gasteiger partial charge in [-0.2, -0.15) is 4.98 Å². The van der Waals surface area contributed by atoms with Crippen LogP contribution in [0.5, 0.6) is 5.75 Å². The van der Waals surface area contributed by atoms with Crippen LogP contribution in [0.25, 0.3) is 0 Å². The molecule has 0 radical (unpaired) electrons. The number of thioether (sulfide) groups is 1. The summed E-state index contributed by atoms with van der Waals surface area (Å²) in [7, 11) is 0. The molecule has 0 saturated heterocycles. The minimum absolute atomic E-state index is 0.0323. The minimum Gasteiger partial charge on any atom is -0.489 e. The minimum atomic E-state index is -0.469. The zero-order valence-electron chi connectivity index (χ0n) is 20.9. The van der Waals surface area contributed by atoms with Gasteiger partial charge in [0.2, 0.25) is 11.1 Å². The van der Waals surface area contributed by atoms with E-state index < -0.39 is 6.04 Å². The lowest BCUT2D eigenvalue weighted by Gasteiger charge is -2.29. The predicted octanol–water partition coefficient (Wildman–Crippen LogP) is 6.99. The number of benzene rings is 3. The molecule has 0 fully saturated rings. The molecule has 1 aliphatic heterocycles. The Kier molecular flexibility index (Phi) is 7.35. The van der Waals surface area contributed by atoms with Crippen molar-refractivity contribution in [3.63, 3.8) is 0 Å². The number of ketones is 1. The van der Waals surface area contributed by atoms with Crippen molar-refractivity contribution in [3.05, 3.63) is 111 Å². The molecule has 5 rings (SSSR count). The number of fused-ring (bicyclic) bond motifs is 1. The molecule has 1 N–H and O–H groups in total. The van der Waals surface area contributed by atoms with E-state index in [1.165, 1.54) is 17.3 Å². The Morgan fingerprint density at radius 2 is 1.73 bits per heavy atom. The van der Waals surface area contributed by atoms with Crippen molar-refractivity contribution in [3.8, 4) is 5.75 Å². The Morgan fingerprint density at radius 3 is 2.49 bits per heavy atom. The van der Waals surface area contributed by atoms with Crippen molar-refractivity contribution in [2.24, 2.45) is 0 Å². The summed E-state index contributed by atoms with van der Waals surface area (Å²) >= 11 is 7.84. The molecule has 0 bridgehead atoms. The van der Waals surface area contributed by atoms with Crippen LogP contribution in [0.3, 0.4) is 0 Å². The highest BCUT2D eigenvalue weighted by Crippen LogP contribution is 2.40. The highest BCUT2D eigenvalue weighted by molar-refractivity contribution is 7.98. The van der Waals surface area contributed by atoms with Crippen LogP contribution >= 0.6 is 23.4 Å². The average molecular weight is 531 g/mol. The first-order chi connectivity index (χ1) is 17.9. The summed E-state index contributed by atoms with van der Waals surface area (Å²) in [5.74, 6) is 1.89. The van der Waals surface area contributed by atoms with Gasteiger partial charge in [-0.1, -0.05) is 84.0 Å². The van der Waals surface area contributed by atoms with Crippen LogP contribution < -0.4 is 10.1 Å². The van der Waals surface area contributed by atoms with Gasteiger partial charge < -0.3 is 10.1 Å². The quantitative estimate of drug-likeness (QED) is 0.248. The summed E-state index contributed by atoms with van der Waals surface area (Å²) < 4.78 is 8.11. The molecule has 4 aromatic rings. The van der Waals surface area contributed by atoms with Crippen LogP contribution in [0.1, 0.15) is 42.1 Å². The number of Topliss-reactive ketones (excluding diaryl/α,β-unsaturated/α-hetero) is 1. The Balaban J connectivity index is 1.49. The standard InChI is InChI=1S/C29H27ClN4O2S/c1-18-10-4-5-11-21(18)16-36-25-15-9-7-13-23(25)27-26(20(3)35)19(2)31-28-32-29(33-34(27)28)37-17-22-12-6-8-14-24(22)30/h4-15,27H,16-17H2,1-3H3,(H,31,32,33). The van der Waals surface area contributed by atoms with Crippen LogP contribution in [0.2, 0.25) is 5.02 Å². The smallest absolute Gasteiger partial charge is 0.227 e.